The number of Topliss-reactive ketones (excluding diaryl/α,β-unsaturated/α-hetero) is 1. The van der Waals surface area contributed by atoms with E-state index in [1.165, 1.54) is 24.3 Å². The lowest BCUT2D eigenvalue weighted by Crippen LogP contribution is -2.42. The molecule has 12 nitrogen and oxygen atoms in total. The molecule has 3 N–H and O–H groups in total. The number of halogens is 1. The minimum Gasteiger partial charge on any atom is -0.506 e. The second kappa shape index (κ2) is 12.3. The lowest BCUT2D eigenvalue weighted by atomic mass is 9.93. The number of rotatable bonds is 4. The van der Waals surface area contributed by atoms with Gasteiger partial charge >= 0.3 is 5.97 Å². The maximum atomic E-state index is 11.6. The Hall–Kier alpha value is -3.74. The molecular formula is C23H28BrN3O9. The molecule has 0 aromatic heterocycles. The fourth-order valence-corrected chi connectivity index (χ4v) is 2.68. The maximum Gasteiger partial charge on any atom is 0.322 e. The molecule has 0 bridgehead atoms. The Morgan fingerprint density at radius 1 is 1.17 bits per heavy atom. The van der Waals surface area contributed by atoms with E-state index in [1.807, 2.05) is 0 Å². The normalized spacial score (nSPS) is 13.4. The van der Waals surface area contributed by atoms with Crippen molar-refractivity contribution in [2.24, 2.45) is 0 Å². The van der Waals surface area contributed by atoms with Gasteiger partial charge in [0, 0.05) is 24.1 Å². The number of nitrogens with zero attached hydrogens (tertiary/aromatic N) is 2. The van der Waals surface area contributed by atoms with Crippen molar-refractivity contribution >= 4 is 44.7 Å². The van der Waals surface area contributed by atoms with Gasteiger partial charge in [0.15, 0.2) is 11.4 Å². The third kappa shape index (κ3) is 8.80. The first-order valence-electron chi connectivity index (χ1n) is 10.6. The van der Waals surface area contributed by atoms with Crippen LogP contribution in [0.5, 0.6) is 11.5 Å². The number of phenolic OH excluding ortho intramolecular Hbond substituents is 1. The van der Waals surface area contributed by atoms with Gasteiger partial charge < -0.3 is 20.3 Å². The first-order chi connectivity index (χ1) is 16.5. The predicted octanol–water partition coefficient (Wildman–Crippen LogP) is 4.48. The number of carbonyl (C=O) groups excluding carboxylic acids is 2. The topological polar surface area (TPSA) is 185 Å². The van der Waals surface area contributed by atoms with Crippen LogP contribution in [0.2, 0.25) is 0 Å². The van der Waals surface area contributed by atoms with Gasteiger partial charge in [-0.1, -0.05) is 15.9 Å². The number of aromatic hydroxyl groups is 1. The summed E-state index contributed by atoms with van der Waals surface area (Å²) in [4.78, 5) is 42.1. The van der Waals surface area contributed by atoms with Crippen molar-refractivity contribution in [3.63, 3.8) is 0 Å². The fourth-order valence-electron chi connectivity index (χ4n) is 2.56. The number of phenols is 1. The number of carbonyl (C=O) groups is 2. The molecule has 3 rings (SSSR count). The van der Waals surface area contributed by atoms with Gasteiger partial charge in [-0.2, -0.15) is 0 Å². The molecular weight excluding hydrogens is 542 g/mol. The van der Waals surface area contributed by atoms with E-state index in [2.05, 4.69) is 15.9 Å². The molecule has 0 aliphatic carbocycles. The number of hydrogen-bond donors (Lipinski definition) is 2. The zero-order valence-electron chi connectivity index (χ0n) is 20.4. The average Bonchev–Trinajstić information content (AvgIpc) is 2.76. The van der Waals surface area contributed by atoms with Crippen LogP contribution >= 0.6 is 15.9 Å². The molecule has 36 heavy (non-hydrogen) atoms. The number of fused-ring (bicyclic) bond motifs is 1. The highest BCUT2D eigenvalue weighted by molar-refractivity contribution is 9.10. The molecule has 0 spiro atoms. The molecule has 1 aliphatic rings. The first kappa shape index (κ1) is 30.3. The molecule has 0 atom stereocenters. The Balaban J connectivity index is 0.000000286. The third-order valence-corrected chi connectivity index (χ3v) is 4.96. The molecule has 0 radical (unpaired) electrons. The van der Waals surface area contributed by atoms with Crippen molar-refractivity contribution in [2.45, 2.75) is 51.0 Å². The van der Waals surface area contributed by atoms with Gasteiger partial charge in [-0.25, -0.2) is 0 Å². The van der Waals surface area contributed by atoms with Crippen LogP contribution in [0.1, 0.15) is 40.2 Å². The van der Waals surface area contributed by atoms with E-state index in [4.69, 9.17) is 20.3 Å². The summed E-state index contributed by atoms with van der Waals surface area (Å²) < 4.78 is 9.65. The molecule has 1 heterocycles. The highest BCUT2D eigenvalue weighted by Crippen LogP contribution is 2.33. The van der Waals surface area contributed by atoms with Crippen LogP contribution in [0.25, 0.3) is 0 Å². The summed E-state index contributed by atoms with van der Waals surface area (Å²) in [5, 5.41) is 29.6. The van der Waals surface area contributed by atoms with Crippen molar-refractivity contribution in [1.29, 1.82) is 0 Å². The molecule has 13 heteroatoms. The van der Waals surface area contributed by atoms with Crippen LogP contribution in [-0.4, -0.2) is 43.2 Å². The fraction of sp³-hybridized carbons (Fsp3) is 0.391. The average molecular weight is 570 g/mol. The van der Waals surface area contributed by atoms with E-state index >= 15 is 0 Å². The second-order valence-electron chi connectivity index (χ2n) is 8.45. The van der Waals surface area contributed by atoms with Crippen molar-refractivity contribution in [3.05, 3.63) is 62.2 Å². The van der Waals surface area contributed by atoms with Gasteiger partial charge in [-0.15, -0.1) is 0 Å². The first-order valence-corrected chi connectivity index (χ1v) is 11.4. The summed E-state index contributed by atoms with van der Waals surface area (Å²) in [5.74, 6) is -0.0724. The molecule has 0 unspecified atom stereocenters. The van der Waals surface area contributed by atoms with Crippen molar-refractivity contribution in [2.75, 3.05) is 12.3 Å². The minimum atomic E-state index is -0.901. The number of alkyl halides is 1. The molecule has 196 valence electrons. The number of hydrogen-bond acceptors (Lipinski definition) is 10. The Bertz CT molecular complexity index is 1140. The summed E-state index contributed by atoms with van der Waals surface area (Å²) >= 11 is 3.17. The van der Waals surface area contributed by atoms with Gasteiger partial charge in [0.25, 0.3) is 11.4 Å². The maximum absolute atomic E-state index is 11.6. The quantitative estimate of drug-likeness (QED) is 0.133. The molecule has 0 saturated carbocycles. The van der Waals surface area contributed by atoms with Crippen LogP contribution < -0.4 is 10.5 Å². The number of benzene rings is 2. The highest BCUT2D eigenvalue weighted by atomic mass is 79.9. The van der Waals surface area contributed by atoms with Crippen LogP contribution in [-0.2, 0) is 20.7 Å². The number of ether oxygens (including phenoxy) is 2. The van der Waals surface area contributed by atoms with Crippen molar-refractivity contribution < 1.29 is 34.0 Å². The zero-order chi connectivity index (χ0) is 27.8. The second-order valence-corrected chi connectivity index (χ2v) is 10.4. The van der Waals surface area contributed by atoms with Crippen LogP contribution in [0.4, 0.5) is 17.1 Å². The molecule has 2 aromatic carbocycles. The number of nitro groups is 2. The lowest BCUT2D eigenvalue weighted by Gasteiger charge is -2.30. The van der Waals surface area contributed by atoms with Crippen LogP contribution in [0.15, 0.2) is 36.4 Å². The van der Waals surface area contributed by atoms with E-state index in [1.54, 1.807) is 40.7 Å². The van der Waals surface area contributed by atoms with Gasteiger partial charge in [-0.3, -0.25) is 29.8 Å². The Labute approximate surface area is 215 Å². The predicted molar refractivity (Wildman–Crippen MR) is 135 cm³/mol. The minimum absolute atomic E-state index is 0.0196. The van der Waals surface area contributed by atoms with Gasteiger partial charge in [-0.05, 0) is 46.8 Å². The van der Waals surface area contributed by atoms with Gasteiger partial charge in [0.2, 0.25) is 0 Å². The molecule has 2 aromatic rings. The van der Waals surface area contributed by atoms with E-state index in [0.717, 1.165) is 6.07 Å². The highest BCUT2D eigenvalue weighted by Gasteiger charge is 2.35. The molecule has 0 amide bonds. The Morgan fingerprint density at radius 2 is 1.69 bits per heavy atom. The molecule has 1 aliphatic heterocycles. The SMILES string of the molecule is CC1(C)Oc2cc([N+](=O)[O-])ccc2CC1=O.CCOC(=O)C(C)(C)Br.Nc1ccc([N+](=O)[O-])cc1O. The summed E-state index contributed by atoms with van der Waals surface area (Å²) in [7, 11) is 0. The van der Waals surface area contributed by atoms with Gasteiger partial charge in [0.05, 0.1) is 34.3 Å². The van der Waals surface area contributed by atoms with Crippen LogP contribution in [0.3, 0.4) is 0 Å². The number of nitrogens with two attached hydrogens (primary N) is 1. The monoisotopic (exact) mass is 569 g/mol. The number of non-ortho nitro benzene ring substituents is 2. The van der Waals surface area contributed by atoms with E-state index < -0.39 is 19.8 Å². The van der Waals surface area contributed by atoms with E-state index in [9.17, 15) is 29.8 Å². The van der Waals surface area contributed by atoms with Crippen molar-refractivity contribution in [3.8, 4) is 11.5 Å². The standard InChI is InChI=1S/C11H11NO4.C6H11BrO2.C6H6N2O3/c1-11(2)10(13)5-7-3-4-8(12(14)15)6-9(7)16-11;1-4-9-5(8)6(2,3)7;7-5-2-1-4(8(10)11)3-6(5)9/h3-4,6H,5H2,1-2H3;4H2,1-3H3;1-3,9H,7H2. The Morgan fingerprint density at radius 3 is 2.14 bits per heavy atom. The van der Waals surface area contributed by atoms with Crippen LogP contribution in [0, 0.1) is 20.2 Å². The number of nitrogen functional groups attached to an aromatic ring is 1. The third-order valence-electron chi connectivity index (χ3n) is 4.63. The number of anilines is 1. The zero-order valence-corrected chi connectivity index (χ0v) is 22.0. The van der Waals surface area contributed by atoms with E-state index in [0.29, 0.717) is 17.9 Å². The largest absolute Gasteiger partial charge is 0.506 e. The summed E-state index contributed by atoms with van der Waals surface area (Å²) in [6, 6.07) is 7.84. The number of ketones is 1. The van der Waals surface area contributed by atoms with E-state index in [-0.39, 0.29) is 41.0 Å². The summed E-state index contributed by atoms with van der Waals surface area (Å²) in [5.41, 5.74) is 4.96. The van der Waals surface area contributed by atoms with Gasteiger partial charge in [0.1, 0.15) is 15.8 Å². The summed E-state index contributed by atoms with van der Waals surface area (Å²) in [6.07, 6.45) is 0.264. The smallest absolute Gasteiger partial charge is 0.322 e. The molecule has 0 saturated heterocycles. The Kier molecular flexibility index (Phi) is 10.3. The number of esters is 1. The lowest BCUT2D eigenvalue weighted by molar-refractivity contribution is -0.385. The van der Waals surface area contributed by atoms with Crippen molar-refractivity contribution in [1.82, 2.24) is 0 Å². The summed E-state index contributed by atoms with van der Waals surface area (Å²) in [6.45, 7) is 9.06. The molecule has 0 fully saturated rings. The number of nitro benzene ring substituents is 2.